The number of benzene rings is 2. The molecule has 1 aliphatic rings. The molecule has 0 spiro atoms. The zero-order chi connectivity index (χ0) is 24.9. The molecule has 0 saturated carbocycles. The van der Waals surface area contributed by atoms with E-state index in [1.165, 1.54) is 24.1 Å². The Balaban J connectivity index is 1.39. The number of carboxylic acid groups (broad SMARTS) is 1. The van der Waals surface area contributed by atoms with Crippen molar-refractivity contribution in [1.29, 1.82) is 0 Å². The summed E-state index contributed by atoms with van der Waals surface area (Å²) in [5, 5.41) is 11.5. The number of hydrogen-bond donors (Lipinski definition) is 2. The first-order valence-electron chi connectivity index (χ1n) is 11.0. The number of furan rings is 1. The van der Waals surface area contributed by atoms with Crippen LogP contribution >= 0.6 is 0 Å². The second-order valence-corrected chi connectivity index (χ2v) is 8.20. The van der Waals surface area contributed by atoms with Crippen molar-refractivity contribution in [3.05, 3.63) is 83.3 Å². The first-order valence-corrected chi connectivity index (χ1v) is 11.0. The van der Waals surface area contributed by atoms with E-state index in [2.05, 4.69) is 11.2 Å². The Labute approximate surface area is 202 Å². The number of ether oxygens (including phenoxy) is 1. The number of hydrogen-bond acceptors (Lipinski definition) is 5. The van der Waals surface area contributed by atoms with Crippen LogP contribution in [0.4, 0.5) is 4.79 Å². The molecule has 2 N–H and O–H groups in total. The van der Waals surface area contributed by atoms with Crippen LogP contribution in [-0.2, 0) is 16.1 Å². The monoisotopic (exact) mass is 472 g/mol. The van der Waals surface area contributed by atoms with Crippen molar-refractivity contribution in [3.63, 3.8) is 0 Å². The maximum absolute atomic E-state index is 12.9. The minimum absolute atomic E-state index is 0.0134. The van der Waals surface area contributed by atoms with E-state index in [4.69, 9.17) is 20.7 Å². The molecule has 1 aromatic heterocycles. The van der Waals surface area contributed by atoms with Gasteiger partial charge in [0.2, 0.25) is 11.7 Å². The van der Waals surface area contributed by atoms with E-state index in [9.17, 15) is 14.4 Å². The van der Waals surface area contributed by atoms with Gasteiger partial charge in [-0.2, -0.15) is 0 Å². The molecule has 3 aromatic rings. The fourth-order valence-corrected chi connectivity index (χ4v) is 4.26. The Hall–Kier alpha value is -4.51. The van der Waals surface area contributed by atoms with E-state index in [-0.39, 0.29) is 31.3 Å². The Morgan fingerprint density at radius 1 is 1.09 bits per heavy atom. The Morgan fingerprint density at radius 3 is 2.29 bits per heavy atom. The number of amides is 2. The summed E-state index contributed by atoms with van der Waals surface area (Å²) in [6.45, 7) is 0.122. The van der Waals surface area contributed by atoms with Gasteiger partial charge in [-0.15, -0.1) is 12.3 Å². The molecule has 1 heterocycles. The van der Waals surface area contributed by atoms with Gasteiger partial charge in [-0.3, -0.25) is 4.79 Å². The van der Waals surface area contributed by atoms with Crippen molar-refractivity contribution in [2.75, 3.05) is 13.7 Å². The van der Waals surface area contributed by atoms with Crippen LogP contribution in [0.5, 0.6) is 0 Å². The molecule has 1 unspecified atom stereocenters. The smallest absolute Gasteiger partial charge is 0.407 e. The highest BCUT2D eigenvalue weighted by atomic mass is 16.5. The molecular formula is C27H24N2O6. The number of fused-ring (bicyclic) bond motifs is 3. The van der Waals surface area contributed by atoms with Gasteiger partial charge in [-0.05, 0) is 34.4 Å². The number of nitrogens with one attached hydrogen (secondary N) is 1. The summed E-state index contributed by atoms with van der Waals surface area (Å²) in [7, 11) is 1.51. The zero-order valence-corrected chi connectivity index (χ0v) is 19.1. The first-order chi connectivity index (χ1) is 16.9. The van der Waals surface area contributed by atoms with Gasteiger partial charge in [0.25, 0.3) is 0 Å². The second-order valence-electron chi connectivity index (χ2n) is 8.20. The number of likely N-dealkylation sites (N-methyl/N-ethyl adjacent to an activating group) is 1. The Bertz CT molecular complexity index is 1260. The fraction of sp³-hybridized carbons (Fsp3) is 0.222. The maximum Gasteiger partial charge on any atom is 0.407 e. The average molecular weight is 472 g/mol. The van der Waals surface area contributed by atoms with Crippen LogP contribution in [0, 0.1) is 12.3 Å². The van der Waals surface area contributed by atoms with Gasteiger partial charge in [0.15, 0.2) is 0 Å². The van der Waals surface area contributed by atoms with Crippen molar-refractivity contribution in [3.8, 4) is 23.5 Å². The predicted molar refractivity (Wildman–Crippen MR) is 128 cm³/mol. The Kier molecular flexibility index (Phi) is 6.88. The summed E-state index contributed by atoms with van der Waals surface area (Å²) < 4.78 is 10.7. The van der Waals surface area contributed by atoms with E-state index >= 15 is 0 Å². The Morgan fingerprint density at radius 2 is 1.71 bits per heavy atom. The van der Waals surface area contributed by atoms with E-state index < -0.39 is 24.0 Å². The zero-order valence-electron chi connectivity index (χ0n) is 19.1. The summed E-state index contributed by atoms with van der Waals surface area (Å²) in [6, 6.07) is 17.8. The minimum Gasteiger partial charge on any atom is -0.475 e. The lowest BCUT2D eigenvalue weighted by Crippen LogP contribution is -2.47. The molecule has 2 aromatic carbocycles. The number of carboxylic acids is 1. The molecule has 1 aliphatic carbocycles. The standard InChI is InChI=1S/C27H24N2O6/c1-3-8-23(25(30)29(2)15-17-13-14-24(35-17)26(31)32)28-27(33)34-16-22-20-11-6-4-9-18(20)19-10-5-7-12-21(19)22/h1,4-7,9-14,22-23H,8,15-16H2,2H3,(H,28,33)(H,31,32). The molecule has 0 aliphatic heterocycles. The third-order valence-electron chi connectivity index (χ3n) is 5.90. The highest BCUT2D eigenvalue weighted by molar-refractivity contribution is 5.86. The quantitative estimate of drug-likeness (QED) is 0.482. The van der Waals surface area contributed by atoms with Crippen LogP contribution < -0.4 is 5.32 Å². The number of carbonyl (C=O) groups excluding carboxylic acids is 2. The van der Waals surface area contributed by atoms with E-state index in [0.717, 1.165) is 22.3 Å². The number of rotatable bonds is 8. The normalized spacial score (nSPS) is 12.7. The topological polar surface area (TPSA) is 109 Å². The van der Waals surface area contributed by atoms with Gasteiger partial charge in [0, 0.05) is 19.4 Å². The molecule has 0 fully saturated rings. The number of terminal acetylenes is 1. The first kappa shape index (κ1) is 23.6. The van der Waals surface area contributed by atoms with Gasteiger partial charge in [-0.1, -0.05) is 48.5 Å². The molecule has 8 nitrogen and oxygen atoms in total. The summed E-state index contributed by atoms with van der Waals surface area (Å²) >= 11 is 0. The SMILES string of the molecule is C#CCC(NC(=O)OCC1c2ccccc2-c2ccccc21)C(=O)N(C)Cc1ccc(C(=O)O)o1. The van der Waals surface area contributed by atoms with Crippen molar-refractivity contribution in [2.24, 2.45) is 0 Å². The van der Waals surface area contributed by atoms with E-state index in [1.807, 2.05) is 48.5 Å². The highest BCUT2D eigenvalue weighted by Crippen LogP contribution is 2.44. The van der Waals surface area contributed by atoms with Crippen LogP contribution in [0.25, 0.3) is 11.1 Å². The number of carbonyl (C=O) groups is 3. The lowest BCUT2D eigenvalue weighted by atomic mass is 9.98. The molecule has 1 atom stereocenters. The predicted octanol–water partition coefficient (Wildman–Crippen LogP) is 3.87. The van der Waals surface area contributed by atoms with Crippen LogP contribution in [0.15, 0.2) is 65.1 Å². The van der Waals surface area contributed by atoms with Gasteiger partial charge >= 0.3 is 12.1 Å². The van der Waals surface area contributed by atoms with Crippen molar-refractivity contribution < 1.29 is 28.6 Å². The summed E-state index contributed by atoms with van der Waals surface area (Å²) in [5.41, 5.74) is 4.39. The van der Waals surface area contributed by atoms with Crippen LogP contribution in [0.3, 0.4) is 0 Å². The van der Waals surface area contributed by atoms with Crippen LogP contribution in [-0.4, -0.2) is 47.7 Å². The van der Waals surface area contributed by atoms with Crippen molar-refractivity contribution >= 4 is 18.0 Å². The highest BCUT2D eigenvalue weighted by Gasteiger charge is 2.30. The molecule has 0 bridgehead atoms. The number of aromatic carboxylic acids is 1. The molecule has 8 heteroatoms. The van der Waals surface area contributed by atoms with Gasteiger partial charge < -0.3 is 24.5 Å². The summed E-state index contributed by atoms with van der Waals surface area (Å²) in [5.74, 6) is 0.696. The largest absolute Gasteiger partial charge is 0.475 e. The lowest BCUT2D eigenvalue weighted by molar-refractivity contribution is -0.132. The van der Waals surface area contributed by atoms with Gasteiger partial charge in [0.1, 0.15) is 18.4 Å². The minimum atomic E-state index is -1.20. The van der Waals surface area contributed by atoms with E-state index in [1.54, 1.807) is 0 Å². The number of alkyl carbamates (subject to hydrolysis) is 1. The van der Waals surface area contributed by atoms with Gasteiger partial charge in [0.05, 0.1) is 6.54 Å². The molecule has 2 amide bonds. The lowest BCUT2D eigenvalue weighted by Gasteiger charge is -2.23. The molecular weight excluding hydrogens is 448 g/mol. The fourth-order valence-electron chi connectivity index (χ4n) is 4.26. The van der Waals surface area contributed by atoms with Gasteiger partial charge in [-0.25, -0.2) is 9.59 Å². The average Bonchev–Trinajstić information content (AvgIpc) is 3.45. The number of nitrogens with zero attached hydrogens (tertiary/aromatic N) is 1. The maximum atomic E-state index is 12.9. The molecule has 178 valence electrons. The molecule has 0 radical (unpaired) electrons. The third kappa shape index (κ3) is 5.04. The molecule has 0 saturated heterocycles. The summed E-state index contributed by atoms with van der Waals surface area (Å²) in [6.07, 6.45) is 4.63. The summed E-state index contributed by atoms with van der Waals surface area (Å²) in [4.78, 5) is 37.8. The second kappa shape index (κ2) is 10.2. The van der Waals surface area contributed by atoms with Crippen LogP contribution in [0.2, 0.25) is 0 Å². The van der Waals surface area contributed by atoms with Crippen molar-refractivity contribution in [1.82, 2.24) is 10.2 Å². The van der Waals surface area contributed by atoms with E-state index in [0.29, 0.717) is 5.76 Å². The molecule has 4 rings (SSSR count). The molecule has 35 heavy (non-hydrogen) atoms. The van der Waals surface area contributed by atoms with Crippen molar-refractivity contribution in [2.45, 2.75) is 24.9 Å². The third-order valence-corrected chi connectivity index (χ3v) is 5.90. The van der Waals surface area contributed by atoms with Crippen LogP contribution in [0.1, 0.15) is 39.8 Å².